The maximum Gasteiger partial charge on any atom is 0.305 e. The van der Waals surface area contributed by atoms with E-state index in [1.54, 1.807) is 13.8 Å². The minimum absolute atomic E-state index is 0.127. The molecule has 0 radical (unpaired) electrons. The minimum Gasteiger partial charge on any atom is -0.481 e. The SMILES string of the molecule is CC(C)(CC(=O)O)NC(=O)C1Cc2ccccc2O1. The van der Waals surface area contributed by atoms with Gasteiger partial charge in [-0.05, 0) is 25.5 Å². The molecule has 1 heterocycles. The van der Waals surface area contributed by atoms with Crippen LogP contribution in [0.4, 0.5) is 0 Å². The highest BCUT2D eigenvalue weighted by molar-refractivity contribution is 5.83. The van der Waals surface area contributed by atoms with Crippen molar-refractivity contribution in [2.24, 2.45) is 0 Å². The number of aliphatic carboxylic acids is 1. The number of amides is 1. The molecule has 1 aromatic rings. The third kappa shape index (κ3) is 3.24. The quantitative estimate of drug-likeness (QED) is 0.860. The van der Waals surface area contributed by atoms with E-state index in [1.807, 2.05) is 24.3 Å². The van der Waals surface area contributed by atoms with Gasteiger partial charge in [-0.3, -0.25) is 9.59 Å². The van der Waals surface area contributed by atoms with E-state index in [0.29, 0.717) is 6.42 Å². The summed E-state index contributed by atoms with van der Waals surface area (Å²) in [6.45, 7) is 3.36. The zero-order valence-electron chi connectivity index (χ0n) is 11.0. The van der Waals surface area contributed by atoms with Gasteiger partial charge in [-0.1, -0.05) is 18.2 Å². The molecule has 0 aromatic heterocycles. The summed E-state index contributed by atoms with van der Waals surface area (Å²) in [6, 6.07) is 7.50. The van der Waals surface area contributed by atoms with Gasteiger partial charge in [0.25, 0.3) is 5.91 Å². The number of benzene rings is 1. The number of carbonyl (C=O) groups is 2. The molecule has 2 rings (SSSR count). The molecule has 5 heteroatoms. The second-order valence-electron chi connectivity index (χ2n) is 5.36. The van der Waals surface area contributed by atoms with Gasteiger partial charge in [0.2, 0.25) is 0 Å². The smallest absolute Gasteiger partial charge is 0.305 e. The van der Waals surface area contributed by atoms with Gasteiger partial charge in [0, 0.05) is 12.0 Å². The van der Waals surface area contributed by atoms with Crippen molar-refractivity contribution >= 4 is 11.9 Å². The van der Waals surface area contributed by atoms with Crippen molar-refractivity contribution in [3.8, 4) is 5.75 Å². The molecule has 2 N–H and O–H groups in total. The number of hydrogen-bond acceptors (Lipinski definition) is 3. The van der Waals surface area contributed by atoms with Crippen LogP contribution in [-0.2, 0) is 16.0 Å². The molecular formula is C14H17NO4. The highest BCUT2D eigenvalue weighted by Crippen LogP contribution is 2.28. The summed E-state index contributed by atoms with van der Waals surface area (Å²) < 4.78 is 5.56. The van der Waals surface area contributed by atoms with Crippen LogP contribution < -0.4 is 10.1 Å². The average Bonchev–Trinajstić information content (AvgIpc) is 2.69. The molecule has 0 fully saturated rings. The predicted octanol–water partition coefficient (Wildman–Crippen LogP) is 1.36. The Hall–Kier alpha value is -2.04. The molecule has 0 bridgehead atoms. The molecule has 0 saturated carbocycles. The molecule has 0 spiro atoms. The molecule has 1 unspecified atom stereocenters. The van der Waals surface area contributed by atoms with Crippen LogP contribution in [0.25, 0.3) is 0 Å². The highest BCUT2D eigenvalue weighted by Gasteiger charge is 2.32. The van der Waals surface area contributed by atoms with Gasteiger partial charge in [0.1, 0.15) is 5.75 Å². The summed E-state index contributed by atoms with van der Waals surface area (Å²) in [6.07, 6.45) is -0.186. The summed E-state index contributed by atoms with van der Waals surface area (Å²) in [7, 11) is 0. The van der Waals surface area contributed by atoms with Crippen molar-refractivity contribution in [3.05, 3.63) is 29.8 Å². The molecule has 1 atom stereocenters. The number of carbonyl (C=O) groups excluding carboxylic acids is 1. The Morgan fingerprint density at radius 3 is 2.74 bits per heavy atom. The molecule has 19 heavy (non-hydrogen) atoms. The van der Waals surface area contributed by atoms with Gasteiger partial charge in [-0.15, -0.1) is 0 Å². The topological polar surface area (TPSA) is 75.6 Å². The first-order valence-corrected chi connectivity index (χ1v) is 6.16. The first kappa shape index (κ1) is 13.4. The van der Waals surface area contributed by atoms with Crippen molar-refractivity contribution in [2.45, 2.75) is 38.3 Å². The van der Waals surface area contributed by atoms with E-state index >= 15 is 0 Å². The predicted molar refractivity (Wildman–Crippen MR) is 69.0 cm³/mol. The number of ether oxygens (including phenoxy) is 1. The van der Waals surface area contributed by atoms with E-state index < -0.39 is 17.6 Å². The summed E-state index contributed by atoms with van der Waals surface area (Å²) in [5.74, 6) is -0.498. The maximum atomic E-state index is 12.1. The Morgan fingerprint density at radius 2 is 2.11 bits per heavy atom. The first-order valence-electron chi connectivity index (χ1n) is 6.16. The molecule has 102 valence electrons. The average molecular weight is 263 g/mol. The third-order valence-electron chi connectivity index (χ3n) is 2.99. The number of para-hydroxylation sites is 1. The van der Waals surface area contributed by atoms with E-state index in [-0.39, 0.29) is 12.3 Å². The van der Waals surface area contributed by atoms with Gasteiger partial charge in [0.05, 0.1) is 6.42 Å². The lowest BCUT2D eigenvalue weighted by molar-refractivity contribution is -0.139. The number of carboxylic acid groups (broad SMARTS) is 1. The van der Waals surface area contributed by atoms with E-state index in [2.05, 4.69) is 5.32 Å². The third-order valence-corrected chi connectivity index (χ3v) is 2.99. The van der Waals surface area contributed by atoms with Crippen LogP contribution in [-0.4, -0.2) is 28.6 Å². The molecule has 0 saturated heterocycles. The molecule has 5 nitrogen and oxygen atoms in total. The van der Waals surface area contributed by atoms with E-state index in [4.69, 9.17) is 9.84 Å². The van der Waals surface area contributed by atoms with Crippen LogP contribution in [0.3, 0.4) is 0 Å². The van der Waals surface area contributed by atoms with Crippen molar-refractivity contribution in [2.75, 3.05) is 0 Å². The van der Waals surface area contributed by atoms with Crippen molar-refractivity contribution < 1.29 is 19.4 Å². The van der Waals surface area contributed by atoms with Crippen LogP contribution in [0.2, 0.25) is 0 Å². The summed E-state index contributed by atoms with van der Waals surface area (Å²) in [4.78, 5) is 22.8. The molecule has 1 aliphatic rings. The fourth-order valence-electron chi connectivity index (χ4n) is 2.16. The number of hydrogen-bond donors (Lipinski definition) is 2. The lowest BCUT2D eigenvalue weighted by Crippen LogP contribution is -2.50. The summed E-state index contributed by atoms with van der Waals surface area (Å²) >= 11 is 0. The van der Waals surface area contributed by atoms with Crippen LogP contribution in [0, 0.1) is 0 Å². The van der Waals surface area contributed by atoms with Crippen LogP contribution in [0.5, 0.6) is 5.75 Å². The second kappa shape index (κ2) is 4.91. The minimum atomic E-state index is -0.944. The van der Waals surface area contributed by atoms with E-state index in [9.17, 15) is 9.59 Å². The van der Waals surface area contributed by atoms with Crippen molar-refractivity contribution in [1.82, 2.24) is 5.32 Å². The largest absolute Gasteiger partial charge is 0.481 e. The summed E-state index contributed by atoms with van der Waals surface area (Å²) in [5, 5.41) is 11.5. The van der Waals surface area contributed by atoms with Crippen molar-refractivity contribution in [3.63, 3.8) is 0 Å². The zero-order valence-corrected chi connectivity index (χ0v) is 11.0. The number of carboxylic acids is 1. The zero-order chi connectivity index (χ0) is 14.0. The monoisotopic (exact) mass is 263 g/mol. The Balaban J connectivity index is 1.98. The van der Waals surface area contributed by atoms with Gasteiger partial charge >= 0.3 is 5.97 Å². The standard InChI is InChI=1S/C14H17NO4/c1-14(2,8-12(16)17)15-13(18)11-7-9-5-3-4-6-10(9)19-11/h3-6,11H,7-8H2,1-2H3,(H,15,18)(H,16,17). The van der Waals surface area contributed by atoms with Gasteiger partial charge in [-0.2, -0.15) is 0 Å². The summed E-state index contributed by atoms with van der Waals surface area (Å²) in [5.41, 5.74) is 0.208. The number of fused-ring (bicyclic) bond motifs is 1. The van der Waals surface area contributed by atoms with Gasteiger partial charge < -0.3 is 15.2 Å². The van der Waals surface area contributed by atoms with Crippen molar-refractivity contribution in [1.29, 1.82) is 0 Å². The molecule has 1 aliphatic heterocycles. The van der Waals surface area contributed by atoms with E-state index in [0.717, 1.165) is 11.3 Å². The first-order chi connectivity index (χ1) is 8.87. The Kier molecular flexibility index (Phi) is 3.46. The van der Waals surface area contributed by atoms with Crippen LogP contribution in [0.1, 0.15) is 25.8 Å². The Morgan fingerprint density at radius 1 is 1.42 bits per heavy atom. The molecular weight excluding hydrogens is 246 g/mol. The maximum absolute atomic E-state index is 12.1. The number of rotatable bonds is 4. The molecule has 1 amide bonds. The highest BCUT2D eigenvalue weighted by atomic mass is 16.5. The fourth-order valence-corrected chi connectivity index (χ4v) is 2.16. The van der Waals surface area contributed by atoms with Crippen LogP contribution >= 0.6 is 0 Å². The van der Waals surface area contributed by atoms with E-state index in [1.165, 1.54) is 0 Å². The molecule has 0 aliphatic carbocycles. The molecule has 1 aromatic carbocycles. The van der Waals surface area contributed by atoms with Gasteiger partial charge in [0.15, 0.2) is 6.10 Å². The lowest BCUT2D eigenvalue weighted by Gasteiger charge is -2.25. The second-order valence-corrected chi connectivity index (χ2v) is 5.36. The van der Waals surface area contributed by atoms with Crippen LogP contribution in [0.15, 0.2) is 24.3 Å². The van der Waals surface area contributed by atoms with Gasteiger partial charge in [-0.25, -0.2) is 0 Å². The lowest BCUT2D eigenvalue weighted by atomic mass is 10.00. The Labute approximate surface area is 111 Å². The number of nitrogens with one attached hydrogen (secondary N) is 1. The normalized spacial score (nSPS) is 17.5. The Bertz CT molecular complexity index is 485. The fraction of sp³-hybridized carbons (Fsp3) is 0.429.